The molecule has 1 atom stereocenters. The predicted molar refractivity (Wildman–Crippen MR) is 98.6 cm³/mol. The Kier molecular flexibility index (Phi) is 5.73. The first kappa shape index (κ1) is 19.9. The molecule has 28 heavy (non-hydrogen) atoms. The summed E-state index contributed by atoms with van der Waals surface area (Å²) in [5.41, 5.74) is 0.357. The summed E-state index contributed by atoms with van der Waals surface area (Å²) in [5.74, 6) is -0.434. The number of anilines is 2. The molecule has 1 aromatic carbocycles. The number of hydrogen-bond donors (Lipinski definition) is 0. The van der Waals surface area contributed by atoms with Gasteiger partial charge in [-0.15, -0.1) is 0 Å². The Morgan fingerprint density at radius 1 is 1.29 bits per heavy atom. The van der Waals surface area contributed by atoms with E-state index < -0.39 is 17.6 Å². The molecule has 1 fully saturated rings. The monoisotopic (exact) mass is 392 g/mol. The highest BCUT2D eigenvalue weighted by molar-refractivity contribution is 5.62. The zero-order chi connectivity index (χ0) is 20.3. The van der Waals surface area contributed by atoms with Crippen LogP contribution in [0.3, 0.4) is 0 Å². The van der Waals surface area contributed by atoms with Crippen molar-refractivity contribution in [1.82, 2.24) is 4.98 Å². The summed E-state index contributed by atoms with van der Waals surface area (Å²) in [4.78, 5) is 7.69. The van der Waals surface area contributed by atoms with Gasteiger partial charge in [0, 0.05) is 31.7 Å². The van der Waals surface area contributed by atoms with Gasteiger partial charge in [-0.2, -0.15) is 18.4 Å². The summed E-state index contributed by atoms with van der Waals surface area (Å²) >= 11 is 0. The van der Waals surface area contributed by atoms with Gasteiger partial charge in [0.05, 0.1) is 34.9 Å². The van der Waals surface area contributed by atoms with Crippen LogP contribution in [0.25, 0.3) is 0 Å². The molecule has 0 spiro atoms. The first-order valence-electron chi connectivity index (χ1n) is 9.07. The minimum absolute atomic E-state index is 0.0994. The SMILES string of the molecule is CCN(c1cc(C(F)(F)F)ccc1C#N)C1CCCN(c2cncc(F)c2)C1. The van der Waals surface area contributed by atoms with Crippen LogP contribution < -0.4 is 9.80 Å². The van der Waals surface area contributed by atoms with Crippen LogP contribution in [0.5, 0.6) is 0 Å². The fourth-order valence-corrected chi connectivity index (χ4v) is 3.68. The number of pyridine rings is 1. The highest BCUT2D eigenvalue weighted by Crippen LogP contribution is 2.35. The van der Waals surface area contributed by atoms with Crippen molar-refractivity contribution in [2.75, 3.05) is 29.4 Å². The molecule has 2 heterocycles. The van der Waals surface area contributed by atoms with E-state index in [-0.39, 0.29) is 17.3 Å². The second kappa shape index (κ2) is 8.05. The Morgan fingerprint density at radius 2 is 2.07 bits per heavy atom. The summed E-state index contributed by atoms with van der Waals surface area (Å²) in [6.45, 7) is 3.53. The maximum Gasteiger partial charge on any atom is 0.416 e. The third-order valence-electron chi connectivity index (χ3n) is 4.99. The van der Waals surface area contributed by atoms with Gasteiger partial charge >= 0.3 is 6.18 Å². The number of piperidine rings is 1. The number of nitrogens with zero attached hydrogens (tertiary/aromatic N) is 4. The maximum atomic E-state index is 13.5. The van der Waals surface area contributed by atoms with Crippen molar-refractivity contribution in [2.45, 2.75) is 32.0 Å². The second-order valence-corrected chi connectivity index (χ2v) is 6.73. The lowest BCUT2D eigenvalue weighted by Crippen LogP contribution is -2.48. The van der Waals surface area contributed by atoms with Crippen molar-refractivity contribution in [3.8, 4) is 6.07 Å². The Hall–Kier alpha value is -2.82. The van der Waals surface area contributed by atoms with Crippen molar-refractivity contribution in [3.63, 3.8) is 0 Å². The van der Waals surface area contributed by atoms with Crippen LogP contribution >= 0.6 is 0 Å². The van der Waals surface area contributed by atoms with Gasteiger partial charge in [-0.1, -0.05) is 0 Å². The number of benzene rings is 1. The fraction of sp³-hybridized carbons (Fsp3) is 0.400. The molecular weight excluding hydrogens is 372 g/mol. The fourth-order valence-electron chi connectivity index (χ4n) is 3.68. The molecule has 1 aromatic heterocycles. The van der Waals surface area contributed by atoms with Crippen molar-refractivity contribution in [1.29, 1.82) is 5.26 Å². The molecule has 0 bridgehead atoms. The number of aromatic nitrogens is 1. The van der Waals surface area contributed by atoms with Crippen molar-refractivity contribution in [3.05, 3.63) is 53.6 Å². The second-order valence-electron chi connectivity index (χ2n) is 6.73. The third kappa shape index (κ3) is 4.19. The van der Waals surface area contributed by atoms with Gasteiger partial charge in [0.25, 0.3) is 0 Å². The van der Waals surface area contributed by atoms with Crippen molar-refractivity contribution >= 4 is 11.4 Å². The van der Waals surface area contributed by atoms with Gasteiger partial charge in [-0.25, -0.2) is 4.39 Å². The van der Waals surface area contributed by atoms with Crippen LogP contribution in [-0.2, 0) is 6.18 Å². The van der Waals surface area contributed by atoms with E-state index in [1.54, 1.807) is 6.20 Å². The molecule has 0 N–H and O–H groups in total. The Labute approximate surface area is 161 Å². The van der Waals surface area contributed by atoms with E-state index in [2.05, 4.69) is 4.98 Å². The van der Waals surface area contributed by atoms with Gasteiger partial charge in [-0.3, -0.25) is 4.98 Å². The highest BCUT2D eigenvalue weighted by Gasteiger charge is 2.33. The molecule has 8 heteroatoms. The number of halogens is 4. The molecule has 148 valence electrons. The average molecular weight is 392 g/mol. The molecule has 1 aliphatic rings. The van der Waals surface area contributed by atoms with E-state index in [4.69, 9.17) is 0 Å². The van der Waals surface area contributed by atoms with Gasteiger partial charge in [0.2, 0.25) is 0 Å². The van der Waals surface area contributed by atoms with Gasteiger partial charge < -0.3 is 9.80 Å². The molecule has 1 saturated heterocycles. The molecule has 3 rings (SSSR count). The van der Waals surface area contributed by atoms with Gasteiger partial charge in [0.15, 0.2) is 0 Å². The first-order valence-corrected chi connectivity index (χ1v) is 9.07. The molecule has 1 aliphatic heterocycles. The summed E-state index contributed by atoms with van der Waals surface area (Å²) in [7, 11) is 0. The minimum Gasteiger partial charge on any atom is -0.368 e. The molecule has 0 aliphatic carbocycles. The standard InChI is InChI=1S/C20H20F4N4/c1-2-28(19-8-15(20(22,23)24)6-5-14(19)10-25)17-4-3-7-27(13-17)18-9-16(21)11-26-12-18/h5-6,8-9,11-12,17H,2-4,7,13H2,1H3. The van der Waals surface area contributed by atoms with Gasteiger partial charge in [-0.05, 0) is 38.0 Å². The van der Waals surface area contributed by atoms with E-state index in [1.165, 1.54) is 12.1 Å². The summed E-state index contributed by atoms with van der Waals surface area (Å²) in [6.07, 6.45) is -0.196. The molecule has 1 unspecified atom stereocenters. The summed E-state index contributed by atoms with van der Waals surface area (Å²) in [6, 6.07) is 6.49. The zero-order valence-electron chi connectivity index (χ0n) is 15.4. The van der Waals surface area contributed by atoms with E-state index in [0.717, 1.165) is 31.2 Å². The normalized spacial score (nSPS) is 17.3. The topological polar surface area (TPSA) is 43.2 Å². The van der Waals surface area contributed by atoms with Crippen LogP contribution in [0, 0.1) is 17.1 Å². The van der Waals surface area contributed by atoms with Crippen LogP contribution in [0.15, 0.2) is 36.7 Å². The largest absolute Gasteiger partial charge is 0.416 e. The Morgan fingerprint density at radius 3 is 2.71 bits per heavy atom. The number of nitriles is 1. The van der Waals surface area contributed by atoms with Gasteiger partial charge in [0.1, 0.15) is 11.9 Å². The molecule has 2 aromatic rings. The van der Waals surface area contributed by atoms with Crippen LogP contribution in [0.2, 0.25) is 0 Å². The van der Waals surface area contributed by atoms with Crippen LogP contribution in [0.1, 0.15) is 30.9 Å². The zero-order valence-corrected chi connectivity index (χ0v) is 15.4. The lowest BCUT2D eigenvalue weighted by atomic mass is 10.0. The average Bonchev–Trinajstić information content (AvgIpc) is 2.68. The maximum absolute atomic E-state index is 13.5. The smallest absolute Gasteiger partial charge is 0.368 e. The van der Waals surface area contributed by atoms with E-state index in [0.29, 0.717) is 25.3 Å². The number of likely N-dealkylation sites (N-methyl/N-ethyl adjacent to an activating group) is 1. The lowest BCUT2D eigenvalue weighted by Gasteiger charge is -2.41. The predicted octanol–water partition coefficient (Wildman–Crippen LogP) is 4.61. The van der Waals surface area contributed by atoms with Crippen LogP contribution in [-0.4, -0.2) is 30.7 Å². The Balaban J connectivity index is 1.92. The molecule has 4 nitrogen and oxygen atoms in total. The quantitative estimate of drug-likeness (QED) is 0.713. The molecule has 0 saturated carbocycles. The number of hydrogen-bond acceptors (Lipinski definition) is 4. The molecule has 0 radical (unpaired) electrons. The Bertz CT molecular complexity index is 875. The minimum atomic E-state index is -4.48. The molecular formula is C20H20F4N4. The van der Waals surface area contributed by atoms with Crippen molar-refractivity contribution in [2.24, 2.45) is 0 Å². The first-order chi connectivity index (χ1) is 13.3. The van der Waals surface area contributed by atoms with Crippen molar-refractivity contribution < 1.29 is 17.6 Å². The summed E-state index contributed by atoms with van der Waals surface area (Å²) in [5, 5.41) is 9.40. The highest BCUT2D eigenvalue weighted by atomic mass is 19.4. The van der Waals surface area contributed by atoms with E-state index in [1.807, 2.05) is 22.8 Å². The summed E-state index contributed by atoms with van der Waals surface area (Å²) < 4.78 is 53.1. The van der Waals surface area contributed by atoms with E-state index in [9.17, 15) is 22.8 Å². The molecule has 0 amide bonds. The number of rotatable bonds is 4. The third-order valence-corrected chi connectivity index (χ3v) is 4.99. The van der Waals surface area contributed by atoms with E-state index >= 15 is 0 Å². The number of alkyl halides is 3. The lowest BCUT2D eigenvalue weighted by molar-refractivity contribution is -0.137. The van der Waals surface area contributed by atoms with Crippen LogP contribution in [0.4, 0.5) is 28.9 Å².